The summed E-state index contributed by atoms with van der Waals surface area (Å²) < 4.78 is 5.72. The number of rotatable bonds is 5. The lowest BCUT2D eigenvalue weighted by atomic mass is 10.0. The van der Waals surface area contributed by atoms with Crippen molar-refractivity contribution in [2.75, 3.05) is 0 Å². The second kappa shape index (κ2) is 6.37. The minimum absolute atomic E-state index is 0.0128. The fourth-order valence-electron chi connectivity index (χ4n) is 2.99. The topological polar surface area (TPSA) is 43.4 Å². The van der Waals surface area contributed by atoms with Gasteiger partial charge in [0.1, 0.15) is 5.75 Å². The predicted octanol–water partition coefficient (Wildman–Crippen LogP) is 4.03. The number of carbonyl (C=O) groups excluding carboxylic acids is 2. The van der Waals surface area contributed by atoms with E-state index >= 15 is 0 Å². The SMILES string of the molecule is CC(=O)c1ccc(O[C@@H](C)C(=O)c2ccc3c(c2)CCC3)cc1. The van der Waals surface area contributed by atoms with Crippen LogP contribution in [0, 0.1) is 0 Å². The summed E-state index contributed by atoms with van der Waals surface area (Å²) in [5.41, 5.74) is 3.98. The normalized spacial score (nSPS) is 14.2. The van der Waals surface area contributed by atoms with Crippen molar-refractivity contribution in [3.8, 4) is 5.75 Å². The van der Waals surface area contributed by atoms with Crippen molar-refractivity contribution in [1.82, 2.24) is 0 Å². The molecular weight excluding hydrogens is 288 g/mol. The van der Waals surface area contributed by atoms with Crippen LogP contribution in [0.25, 0.3) is 0 Å². The fraction of sp³-hybridized carbons (Fsp3) is 0.300. The van der Waals surface area contributed by atoms with E-state index < -0.39 is 6.10 Å². The molecule has 0 bridgehead atoms. The Morgan fingerprint density at radius 3 is 2.30 bits per heavy atom. The zero-order chi connectivity index (χ0) is 16.4. The van der Waals surface area contributed by atoms with Gasteiger partial charge in [0.2, 0.25) is 5.78 Å². The number of ketones is 2. The molecular formula is C20H20O3. The summed E-state index contributed by atoms with van der Waals surface area (Å²) in [5, 5.41) is 0. The lowest BCUT2D eigenvalue weighted by Crippen LogP contribution is -2.24. The summed E-state index contributed by atoms with van der Waals surface area (Å²) in [6.45, 7) is 3.28. The molecule has 0 fully saturated rings. The van der Waals surface area contributed by atoms with Crippen LogP contribution < -0.4 is 4.74 Å². The van der Waals surface area contributed by atoms with Crippen LogP contribution in [-0.4, -0.2) is 17.7 Å². The van der Waals surface area contributed by atoms with Gasteiger partial charge in [0, 0.05) is 11.1 Å². The van der Waals surface area contributed by atoms with Gasteiger partial charge < -0.3 is 4.74 Å². The number of benzene rings is 2. The van der Waals surface area contributed by atoms with Crippen LogP contribution in [0.2, 0.25) is 0 Å². The first-order chi connectivity index (χ1) is 11.0. The lowest BCUT2D eigenvalue weighted by molar-refractivity contribution is 0.0817. The number of fused-ring (bicyclic) bond motifs is 1. The van der Waals surface area contributed by atoms with Crippen molar-refractivity contribution >= 4 is 11.6 Å². The van der Waals surface area contributed by atoms with Gasteiger partial charge in [-0.1, -0.05) is 12.1 Å². The van der Waals surface area contributed by atoms with Gasteiger partial charge in [0.25, 0.3) is 0 Å². The summed E-state index contributed by atoms with van der Waals surface area (Å²) in [5.74, 6) is 0.589. The number of hydrogen-bond donors (Lipinski definition) is 0. The molecule has 3 rings (SSSR count). The molecule has 1 aliphatic carbocycles. The Bertz CT molecular complexity index is 744. The highest BCUT2D eigenvalue weighted by atomic mass is 16.5. The zero-order valence-electron chi connectivity index (χ0n) is 13.5. The van der Waals surface area contributed by atoms with E-state index in [1.54, 1.807) is 31.2 Å². The zero-order valence-corrected chi connectivity index (χ0v) is 13.5. The van der Waals surface area contributed by atoms with Crippen molar-refractivity contribution in [2.24, 2.45) is 0 Å². The van der Waals surface area contributed by atoms with Crippen molar-refractivity contribution in [3.05, 3.63) is 64.7 Å². The minimum Gasteiger partial charge on any atom is -0.483 e. The molecule has 1 atom stereocenters. The molecule has 118 valence electrons. The standard InChI is InChI=1S/C20H20O3/c1-13(21)15-8-10-19(11-9-15)23-14(2)20(22)18-7-6-16-4-3-5-17(16)12-18/h6-12,14H,3-5H2,1-2H3/t14-/m0/s1. The number of carbonyl (C=O) groups is 2. The molecule has 0 spiro atoms. The van der Waals surface area contributed by atoms with Gasteiger partial charge in [-0.15, -0.1) is 0 Å². The molecule has 0 heterocycles. The fourth-order valence-corrected chi connectivity index (χ4v) is 2.99. The maximum atomic E-state index is 12.5. The maximum Gasteiger partial charge on any atom is 0.203 e. The number of Topliss-reactive ketones (excluding diaryl/α,β-unsaturated/α-hetero) is 2. The van der Waals surface area contributed by atoms with Crippen LogP contribution in [0.5, 0.6) is 5.75 Å². The summed E-state index contributed by atoms with van der Waals surface area (Å²) in [7, 11) is 0. The van der Waals surface area contributed by atoms with Crippen LogP contribution >= 0.6 is 0 Å². The van der Waals surface area contributed by atoms with E-state index in [0.29, 0.717) is 16.9 Å². The van der Waals surface area contributed by atoms with E-state index in [1.807, 2.05) is 12.1 Å². The van der Waals surface area contributed by atoms with Crippen LogP contribution in [-0.2, 0) is 12.8 Å². The van der Waals surface area contributed by atoms with Gasteiger partial charge in [0.15, 0.2) is 11.9 Å². The summed E-state index contributed by atoms with van der Waals surface area (Å²) in [6, 6.07) is 12.8. The maximum absolute atomic E-state index is 12.5. The molecule has 0 N–H and O–H groups in total. The van der Waals surface area contributed by atoms with Gasteiger partial charge in [-0.05, 0) is 74.6 Å². The monoisotopic (exact) mass is 308 g/mol. The molecule has 0 aliphatic heterocycles. The second-order valence-corrected chi connectivity index (χ2v) is 6.04. The Labute approximate surface area is 136 Å². The Morgan fingerprint density at radius 1 is 0.957 bits per heavy atom. The van der Waals surface area contributed by atoms with Gasteiger partial charge >= 0.3 is 0 Å². The molecule has 0 radical (unpaired) electrons. The van der Waals surface area contributed by atoms with E-state index in [0.717, 1.165) is 12.8 Å². The first-order valence-electron chi connectivity index (χ1n) is 7.98. The molecule has 3 heteroatoms. The smallest absolute Gasteiger partial charge is 0.203 e. The largest absolute Gasteiger partial charge is 0.483 e. The molecule has 2 aromatic carbocycles. The Morgan fingerprint density at radius 2 is 1.61 bits per heavy atom. The summed E-state index contributed by atoms with van der Waals surface area (Å²) >= 11 is 0. The van der Waals surface area contributed by atoms with Gasteiger partial charge in [-0.2, -0.15) is 0 Å². The van der Waals surface area contributed by atoms with Crippen molar-refractivity contribution in [3.63, 3.8) is 0 Å². The Balaban J connectivity index is 1.71. The highest BCUT2D eigenvalue weighted by Gasteiger charge is 2.19. The van der Waals surface area contributed by atoms with Crippen molar-refractivity contribution in [2.45, 2.75) is 39.2 Å². The highest BCUT2D eigenvalue weighted by Crippen LogP contribution is 2.24. The molecule has 0 saturated heterocycles. The summed E-state index contributed by atoms with van der Waals surface area (Å²) in [6.07, 6.45) is 2.77. The van der Waals surface area contributed by atoms with Crippen LogP contribution in [0.15, 0.2) is 42.5 Å². The molecule has 0 unspecified atom stereocenters. The van der Waals surface area contributed by atoms with Gasteiger partial charge in [-0.3, -0.25) is 9.59 Å². The van der Waals surface area contributed by atoms with Crippen LogP contribution in [0.4, 0.5) is 0 Å². The van der Waals surface area contributed by atoms with Gasteiger partial charge in [-0.25, -0.2) is 0 Å². The molecule has 1 aliphatic rings. The highest BCUT2D eigenvalue weighted by molar-refractivity contribution is 5.99. The molecule has 0 amide bonds. The molecule has 0 aromatic heterocycles. The third-order valence-corrected chi connectivity index (χ3v) is 4.33. The van der Waals surface area contributed by atoms with Crippen molar-refractivity contribution in [1.29, 1.82) is 0 Å². The third-order valence-electron chi connectivity index (χ3n) is 4.33. The van der Waals surface area contributed by atoms with E-state index in [2.05, 4.69) is 6.07 Å². The molecule has 2 aromatic rings. The Hall–Kier alpha value is -2.42. The number of aryl methyl sites for hydroxylation is 2. The van der Waals surface area contributed by atoms with Crippen LogP contribution in [0.1, 0.15) is 52.1 Å². The Kier molecular flexibility index (Phi) is 4.28. The van der Waals surface area contributed by atoms with Crippen LogP contribution in [0.3, 0.4) is 0 Å². The average molecular weight is 308 g/mol. The quantitative estimate of drug-likeness (QED) is 0.783. The minimum atomic E-state index is -0.558. The average Bonchev–Trinajstić information content (AvgIpc) is 3.02. The second-order valence-electron chi connectivity index (χ2n) is 6.04. The van der Waals surface area contributed by atoms with E-state index in [9.17, 15) is 9.59 Å². The lowest BCUT2D eigenvalue weighted by Gasteiger charge is -2.14. The first kappa shape index (κ1) is 15.5. The number of hydrogen-bond acceptors (Lipinski definition) is 3. The van der Waals surface area contributed by atoms with Gasteiger partial charge in [0.05, 0.1) is 0 Å². The van der Waals surface area contributed by atoms with E-state index in [1.165, 1.54) is 24.5 Å². The predicted molar refractivity (Wildman–Crippen MR) is 89.3 cm³/mol. The number of ether oxygens (including phenoxy) is 1. The van der Waals surface area contributed by atoms with Crippen molar-refractivity contribution < 1.29 is 14.3 Å². The molecule has 23 heavy (non-hydrogen) atoms. The molecule has 0 saturated carbocycles. The summed E-state index contributed by atoms with van der Waals surface area (Å²) in [4.78, 5) is 23.8. The van der Waals surface area contributed by atoms with E-state index in [4.69, 9.17) is 4.74 Å². The molecule has 3 nitrogen and oxygen atoms in total. The third kappa shape index (κ3) is 3.34. The first-order valence-corrected chi connectivity index (χ1v) is 7.98. The van der Waals surface area contributed by atoms with E-state index in [-0.39, 0.29) is 11.6 Å².